The Morgan fingerprint density at radius 1 is 1.19 bits per heavy atom. The molecule has 0 saturated carbocycles. The summed E-state index contributed by atoms with van der Waals surface area (Å²) in [5, 5.41) is 0. The Balaban J connectivity index is 1.63. The number of hydrogen-bond donors (Lipinski definition) is 1. The van der Waals surface area contributed by atoms with Gasteiger partial charge >= 0.3 is 0 Å². The Morgan fingerprint density at radius 2 is 2.08 bits per heavy atom. The summed E-state index contributed by atoms with van der Waals surface area (Å²) >= 11 is 0. The van der Waals surface area contributed by atoms with Crippen molar-refractivity contribution in [3.63, 3.8) is 0 Å². The Bertz CT molecular complexity index is 1050. The van der Waals surface area contributed by atoms with E-state index in [-0.39, 0.29) is 16.6 Å². The first-order chi connectivity index (χ1) is 12.5. The fourth-order valence-corrected chi connectivity index (χ4v) is 3.92. The molecule has 0 radical (unpaired) electrons. The van der Waals surface area contributed by atoms with Crippen LogP contribution in [0.4, 0.5) is 11.4 Å². The van der Waals surface area contributed by atoms with E-state index in [1.807, 2.05) is 6.07 Å². The molecule has 1 N–H and O–H groups in total. The normalized spacial score (nSPS) is 13.5. The zero-order chi connectivity index (χ0) is 18.1. The number of nitrogens with zero attached hydrogens (tertiary/aromatic N) is 2. The summed E-state index contributed by atoms with van der Waals surface area (Å²) in [4.78, 5) is 18.1. The number of sulfonamides is 1. The van der Waals surface area contributed by atoms with Crippen LogP contribution in [0.3, 0.4) is 0 Å². The largest absolute Gasteiger partial charge is 0.459 e. The van der Waals surface area contributed by atoms with Crippen molar-refractivity contribution in [2.75, 3.05) is 16.2 Å². The zero-order valence-corrected chi connectivity index (χ0v) is 14.4. The van der Waals surface area contributed by atoms with Crippen molar-refractivity contribution in [3.8, 4) is 0 Å². The van der Waals surface area contributed by atoms with Gasteiger partial charge in [0.15, 0.2) is 5.76 Å². The minimum absolute atomic E-state index is 0.0732. The molecule has 0 fully saturated rings. The number of carbonyl (C=O) groups is 1. The Kier molecular flexibility index (Phi) is 3.96. The van der Waals surface area contributed by atoms with Gasteiger partial charge in [-0.05, 0) is 48.4 Å². The lowest BCUT2D eigenvalue weighted by Crippen LogP contribution is -2.28. The standard InChI is InChI=1S/C18H15N3O4S/c22-18(17-4-2-10-25-17)21-9-7-13-5-6-14(11-16(13)21)20-26(23,24)15-3-1-8-19-12-15/h1-6,8,10-12,20H,7,9H2. The molecule has 26 heavy (non-hydrogen) atoms. The number of aromatic nitrogens is 1. The maximum absolute atomic E-state index is 12.6. The molecule has 1 aliphatic rings. The molecule has 0 unspecified atom stereocenters. The van der Waals surface area contributed by atoms with Crippen LogP contribution in [0.15, 0.2) is 70.4 Å². The molecule has 132 valence electrons. The monoisotopic (exact) mass is 369 g/mol. The van der Waals surface area contributed by atoms with E-state index in [9.17, 15) is 13.2 Å². The molecule has 1 amide bonds. The van der Waals surface area contributed by atoms with Crippen molar-refractivity contribution in [1.29, 1.82) is 0 Å². The molecular formula is C18H15N3O4S. The Labute approximate surface area is 150 Å². The lowest BCUT2D eigenvalue weighted by atomic mass is 10.1. The van der Waals surface area contributed by atoms with Crippen molar-refractivity contribution >= 4 is 27.3 Å². The van der Waals surface area contributed by atoms with E-state index >= 15 is 0 Å². The third-order valence-corrected chi connectivity index (χ3v) is 5.52. The van der Waals surface area contributed by atoms with Gasteiger partial charge in [-0.1, -0.05) is 6.07 Å². The highest BCUT2D eigenvalue weighted by molar-refractivity contribution is 7.92. The van der Waals surface area contributed by atoms with Gasteiger partial charge < -0.3 is 9.32 Å². The van der Waals surface area contributed by atoms with Crippen LogP contribution in [0.25, 0.3) is 0 Å². The van der Waals surface area contributed by atoms with Crippen LogP contribution in [0.5, 0.6) is 0 Å². The lowest BCUT2D eigenvalue weighted by molar-refractivity contribution is 0.0963. The number of hydrogen-bond acceptors (Lipinski definition) is 5. The van der Waals surface area contributed by atoms with Crippen molar-refractivity contribution in [2.45, 2.75) is 11.3 Å². The molecule has 0 bridgehead atoms. The average Bonchev–Trinajstić information content (AvgIpc) is 3.31. The second-order valence-corrected chi connectivity index (χ2v) is 7.50. The molecule has 3 aromatic rings. The molecule has 0 spiro atoms. The maximum Gasteiger partial charge on any atom is 0.293 e. The number of furan rings is 1. The van der Waals surface area contributed by atoms with E-state index in [0.717, 1.165) is 5.56 Å². The highest BCUT2D eigenvalue weighted by Crippen LogP contribution is 2.32. The smallest absolute Gasteiger partial charge is 0.293 e. The van der Waals surface area contributed by atoms with Crippen molar-refractivity contribution < 1.29 is 17.6 Å². The first-order valence-electron chi connectivity index (χ1n) is 7.96. The molecule has 4 rings (SSSR count). The highest BCUT2D eigenvalue weighted by Gasteiger charge is 2.27. The van der Waals surface area contributed by atoms with Gasteiger partial charge in [0.1, 0.15) is 4.90 Å². The summed E-state index contributed by atoms with van der Waals surface area (Å²) in [6.45, 7) is 0.522. The van der Waals surface area contributed by atoms with Gasteiger partial charge in [-0.3, -0.25) is 14.5 Å². The van der Waals surface area contributed by atoms with Gasteiger partial charge in [0.25, 0.3) is 15.9 Å². The van der Waals surface area contributed by atoms with Crippen LogP contribution in [0, 0.1) is 0 Å². The molecule has 0 aliphatic carbocycles. The molecule has 0 saturated heterocycles. The number of pyridine rings is 1. The van der Waals surface area contributed by atoms with E-state index in [1.54, 1.807) is 35.2 Å². The van der Waals surface area contributed by atoms with Crippen LogP contribution in [-0.4, -0.2) is 25.9 Å². The second kappa shape index (κ2) is 6.30. The van der Waals surface area contributed by atoms with E-state index in [1.165, 1.54) is 24.7 Å². The summed E-state index contributed by atoms with van der Waals surface area (Å²) in [7, 11) is -3.75. The number of amides is 1. The first kappa shape index (κ1) is 16.3. The average molecular weight is 369 g/mol. The SMILES string of the molecule is O=C(c1ccco1)N1CCc2ccc(NS(=O)(=O)c3cccnc3)cc21. The van der Waals surface area contributed by atoms with Gasteiger partial charge in [-0.25, -0.2) is 8.42 Å². The van der Waals surface area contributed by atoms with Gasteiger partial charge in [0.2, 0.25) is 0 Å². The van der Waals surface area contributed by atoms with Crippen LogP contribution in [0.2, 0.25) is 0 Å². The van der Waals surface area contributed by atoms with Crippen LogP contribution < -0.4 is 9.62 Å². The summed E-state index contributed by atoms with van der Waals surface area (Å²) < 4.78 is 32.6. The number of anilines is 2. The number of nitrogens with one attached hydrogen (secondary N) is 1. The van der Waals surface area contributed by atoms with Crippen LogP contribution >= 0.6 is 0 Å². The number of carbonyl (C=O) groups excluding carboxylic acids is 1. The summed E-state index contributed by atoms with van der Waals surface area (Å²) in [6, 6.07) is 11.5. The van der Waals surface area contributed by atoms with E-state index in [0.29, 0.717) is 24.3 Å². The molecule has 2 aromatic heterocycles. The third-order valence-electron chi connectivity index (χ3n) is 4.15. The van der Waals surface area contributed by atoms with Gasteiger partial charge in [-0.15, -0.1) is 0 Å². The van der Waals surface area contributed by atoms with Crippen molar-refractivity contribution in [2.24, 2.45) is 0 Å². The molecule has 0 atom stereocenters. The quantitative estimate of drug-likeness (QED) is 0.763. The predicted octanol–water partition coefficient (Wildman–Crippen LogP) is 2.68. The lowest BCUT2D eigenvalue weighted by Gasteiger charge is -2.17. The highest BCUT2D eigenvalue weighted by atomic mass is 32.2. The number of fused-ring (bicyclic) bond motifs is 1. The summed E-state index contributed by atoms with van der Waals surface area (Å²) in [5.74, 6) is 0.000195. The van der Waals surface area contributed by atoms with Gasteiger partial charge in [0.05, 0.1) is 12.0 Å². The van der Waals surface area contributed by atoms with Gasteiger partial charge in [0, 0.05) is 24.6 Å². The van der Waals surface area contributed by atoms with Gasteiger partial charge in [-0.2, -0.15) is 0 Å². The fraction of sp³-hybridized carbons (Fsp3) is 0.111. The topological polar surface area (TPSA) is 92.5 Å². The predicted molar refractivity (Wildman–Crippen MR) is 95.6 cm³/mol. The molecule has 7 nitrogen and oxygen atoms in total. The minimum Gasteiger partial charge on any atom is -0.459 e. The van der Waals surface area contributed by atoms with Crippen LogP contribution in [0.1, 0.15) is 16.1 Å². The molecule has 1 aliphatic heterocycles. The van der Waals surface area contributed by atoms with Crippen molar-refractivity contribution in [1.82, 2.24) is 4.98 Å². The van der Waals surface area contributed by atoms with Crippen molar-refractivity contribution in [3.05, 3.63) is 72.4 Å². The second-order valence-electron chi connectivity index (χ2n) is 5.82. The number of benzene rings is 1. The van der Waals surface area contributed by atoms with Crippen LogP contribution in [-0.2, 0) is 16.4 Å². The Hall–Kier alpha value is -3.13. The summed E-state index contributed by atoms with van der Waals surface area (Å²) in [5.41, 5.74) is 2.04. The fourth-order valence-electron chi connectivity index (χ4n) is 2.91. The van der Waals surface area contributed by atoms with E-state index in [2.05, 4.69) is 9.71 Å². The maximum atomic E-state index is 12.6. The minimum atomic E-state index is -3.75. The summed E-state index contributed by atoms with van der Waals surface area (Å²) in [6.07, 6.45) is 4.94. The molecule has 8 heteroatoms. The van der Waals surface area contributed by atoms with E-state index < -0.39 is 10.0 Å². The Morgan fingerprint density at radius 3 is 2.81 bits per heavy atom. The van der Waals surface area contributed by atoms with E-state index in [4.69, 9.17) is 4.42 Å². The zero-order valence-electron chi connectivity index (χ0n) is 13.6. The first-order valence-corrected chi connectivity index (χ1v) is 9.44. The number of rotatable bonds is 4. The molecular weight excluding hydrogens is 354 g/mol. The molecule has 1 aromatic carbocycles. The third kappa shape index (κ3) is 2.95. The molecule has 3 heterocycles.